The van der Waals surface area contributed by atoms with Crippen LogP contribution in [0, 0.1) is 0 Å². The Bertz CT molecular complexity index is 1220. The molecule has 0 aliphatic carbocycles. The molecule has 0 bridgehead atoms. The molecule has 5 aromatic carbocycles. The highest BCUT2D eigenvalue weighted by Gasteiger charge is 2.12. The first-order chi connectivity index (χ1) is 11.3. The number of hydrogen-bond acceptors (Lipinski definition) is 1. The molecule has 0 atom stereocenters. The highest BCUT2D eigenvalue weighted by Crippen LogP contribution is 2.41. The van der Waals surface area contributed by atoms with Crippen molar-refractivity contribution < 1.29 is 5.11 Å². The van der Waals surface area contributed by atoms with Crippen molar-refractivity contribution in [1.82, 2.24) is 0 Å². The van der Waals surface area contributed by atoms with Crippen LogP contribution in [-0.2, 0) is 0 Å². The van der Waals surface area contributed by atoms with E-state index < -0.39 is 0 Å². The summed E-state index contributed by atoms with van der Waals surface area (Å²) >= 11 is 0. The van der Waals surface area contributed by atoms with Crippen molar-refractivity contribution in [2.24, 2.45) is 0 Å². The summed E-state index contributed by atoms with van der Waals surface area (Å²) in [6, 6.07) is 26.9. The van der Waals surface area contributed by atoms with Crippen molar-refractivity contribution in [3.8, 4) is 5.75 Å². The Kier molecular flexibility index (Phi) is 2.42. The summed E-state index contributed by atoms with van der Waals surface area (Å²) in [6.45, 7) is 0. The Morgan fingerprint density at radius 3 is 1.96 bits per heavy atom. The summed E-state index contributed by atoms with van der Waals surface area (Å²) in [5.74, 6) is 0.341. The minimum absolute atomic E-state index is 0.341. The van der Waals surface area contributed by atoms with Crippen LogP contribution in [0.15, 0.2) is 78.9 Å². The minimum atomic E-state index is 0.341. The maximum absolute atomic E-state index is 10.5. The van der Waals surface area contributed by atoms with E-state index in [4.69, 9.17) is 0 Å². The monoisotopic (exact) mass is 294 g/mol. The Morgan fingerprint density at radius 2 is 1.09 bits per heavy atom. The second kappa shape index (κ2) is 4.47. The van der Waals surface area contributed by atoms with E-state index >= 15 is 0 Å². The molecule has 1 heteroatoms. The van der Waals surface area contributed by atoms with E-state index in [2.05, 4.69) is 60.7 Å². The maximum atomic E-state index is 10.5. The lowest BCUT2D eigenvalue weighted by Crippen LogP contribution is -1.85. The number of rotatable bonds is 0. The molecule has 1 nitrogen and oxygen atoms in total. The molecular weight excluding hydrogens is 280 g/mol. The van der Waals surface area contributed by atoms with Crippen LogP contribution in [-0.4, -0.2) is 5.11 Å². The molecule has 0 spiro atoms. The zero-order valence-corrected chi connectivity index (χ0v) is 12.5. The fraction of sp³-hybridized carbons (Fsp3) is 0. The number of hydrogen-bond donors (Lipinski definition) is 1. The van der Waals surface area contributed by atoms with E-state index in [1.165, 1.54) is 26.9 Å². The standard InChI is InChI=1S/C22H14O/c23-20-11-5-10-19-21-15-7-2-1-6-14(15)12-13-18(21)16-8-3-4-9-17(16)22(19)20/h1-13,23H. The minimum Gasteiger partial charge on any atom is -0.507 e. The lowest BCUT2D eigenvalue weighted by atomic mass is 9.91. The van der Waals surface area contributed by atoms with Gasteiger partial charge in [-0.1, -0.05) is 72.8 Å². The van der Waals surface area contributed by atoms with Crippen LogP contribution in [0.5, 0.6) is 5.75 Å². The zero-order chi connectivity index (χ0) is 15.4. The van der Waals surface area contributed by atoms with Gasteiger partial charge in [-0.25, -0.2) is 0 Å². The van der Waals surface area contributed by atoms with E-state index in [0.29, 0.717) is 5.75 Å². The summed E-state index contributed by atoms with van der Waals surface area (Å²) in [6.07, 6.45) is 0. The largest absolute Gasteiger partial charge is 0.507 e. The van der Waals surface area contributed by atoms with Crippen LogP contribution < -0.4 is 0 Å². The predicted octanol–water partition coefficient (Wildman–Crippen LogP) is 6.01. The third-order valence-electron chi connectivity index (χ3n) is 4.73. The van der Waals surface area contributed by atoms with Crippen LogP contribution in [0.4, 0.5) is 0 Å². The molecule has 0 saturated carbocycles. The lowest BCUT2D eigenvalue weighted by Gasteiger charge is -2.13. The van der Waals surface area contributed by atoms with Gasteiger partial charge < -0.3 is 5.11 Å². The lowest BCUT2D eigenvalue weighted by molar-refractivity contribution is 0.482. The molecule has 0 fully saturated rings. The van der Waals surface area contributed by atoms with E-state index in [-0.39, 0.29) is 0 Å². The Hall–Kier alpha value is -3.06. The van der Waals surface area contributed by atoms with Gasteiger partial charge in [0.1, 0.15) is 5.75 Å². The smallest absolute Gasteiger partial charge is 0.124 e. The van der Waals surface area contributed by atoms with Crippen molar-refractivity contribution in [3.63, 3.8) is 0 Å². The molecule has 23 heavy (non-hydrogen) atoms. The van der Waals surface area contributed by atoms with Gasteiger partial charge in [-0.2, -0.15) is 0 Å². The summed E-state index contributed by atoms with van der Waals surface area (Å²) in [5.41, 5.74) is 0. The molecule has 0 aromatic heterocycles. The molecule has 108 valence electrons. The van der Waals surface area contributed by atoms with Gasteiger partial charge in [-0.3, -0.25) is 0 Å². The fourth-order valence-electron chi connectivity index (χ4n) is 3.75. The molecule has 0 radical (unpaired) electrons. The molecule has 0 heterocycles. The van der Waals surface area contributed by atoms with Crippen molar-refractivity contribution >= 4 is 43.1 Å². The maximum Gasteiger partial charge on any atom is 0.124 e. The molecule has 5 aromatic rings. The van der Waals surface area contributed by atoms with Gasteiger partial charge >= 0.3 is 0 Å². The molecular formula is C22H14O. The molecule has 0 saturated heterocycles. The number of phenols is 1. The fourth-order valence-corrected chi connectivity index (χ4v) is 3.75. The van der Waals surface area contributed by atoms with E-state index in [1.807, 2.05) is 12.1 Å². The number of aromatic hydroxyl groups is 1. The van der Waals surface area contributed by atoms with E-state index in [0.717, 1.165) is 16.2 Å². The topological polar surface area (TPSA) is 20.2 Å². The normalized spacial score (nSPS) is 11.7. The van der Waals surface area contributed by atoms with E-state index in [1.54, 1.807) is 6.07 Å². The van der Waals surface area contributed by atoms with Crippen molar-refractivity contribution in [3.05, 3.63) is 78.9 Å². The predicted molar refractivity (Wildman–Crippen MR) is 98.1 cm³/mol. The summed E-state index contributed by atoms with van der Waals surface area (Å²) in [5, 5.41) is 19.7. The van der Waals surface area contributed by atoms with Crippen LogP contribution >= 0.6 is 0 Å². The molecule has 0 aliphatic heterocycles. The van der Waals surface area contributed by atoms with Crippen molar-refractivity contribution in [2.75, 3.05) is 0 Å². The van der Waals surface area contributed by atoms with Gasteiger partial charge in [0.2, 0.25) is 0 Å². The molecule has 0 unspecified atom stereocenters. The summed E-state index contributed by atoms with van der Waals surface area (Å²) in [4.78, 5) is 0. The third kappa shape index (κ3) is 1.62. The van der Waals surface area contributed by atoms with Crippen molar-refractivity contribution in [2.45, 2.75) is 0 Å². The number of phenolic OH excluding ortho intramolecular Hbond substituents is 1. The van der Waals surface area contributed by atoms with Gasteiger partial charge in [0, 0.05) is 5.39 Å². The molecule has 0 amide bonds. The summed E-state index contributed by atoms with van der Waals surface area (Å²) < 4.78 is 0. The van der Waals surface area contributed by atoms with Crippen molar-refractivity contribution in [1.29, 1.82) is 0 Å². The Labute approximate surface area is 133 Å². The average Bonchev–Trinajstić information content (AvgIpc) is 2.61. The van der Waals surface area contributed by atoms with Gasteiger partial charge in [0.05, 0.1) is 0 Å². The molecule has 1 N–H and O–H groups in total. The van der Waals surface area contributed by atoms with Gasteiger partial charge in [0.15, 0.2) is 0 Å². The van der Waals surface area contributed by atoms with Gasteiger partial charge in [-0.15, -0.1) is 0 Å². The van der Waals surface area contributed by atoms with Crippen LogP contribution in [0.25, 0.3) is 43.1 Å². The second-order valence-electron chi connectivity index (χ2n) is 5.95. The first-order valence-corrected chi connectivity index (χ1v) is 7.78. The first kappa shape index (κ1) is 12.5. The van der Waals surface area contributed by atoms with E-state index in [9.17, 15) is 5.11 Å². The Morgan fingerprint density at radius 1 is 0.435 bits per heavy atom. The van der Waals surface area contributed by atoms with Crippen LogP contribution in [0.1, 0.15) is 0 Å². The number of fused-ring (bicyclic) bond motifs is 8. The SMILES string of the molecule is Oc1cccc2c1c1ccccc1c1ccc3ccccc3c12. The van der Waals surface area contributed by atoms with Crippen LogP contribution in [0.3, 0.4) is 0 Å². The van der Waals surface area contributed by atoms with Gasteiger partial charge in [0.25, 0.3) is 0 Å². The third-order valence-corrected chi connectivity index (χ3v) is 4.73. The van der Waals surface area contributed by atoms with Crippen LogP contribution in [0.2, 0.25) is 0 Å². The van der Waals surface area contributed by atoms with Gasteiger partial charge in [-0.05, 0) is 43.8 Å². The number of benzene rings is 5. The Balaban J connectivity index is 2.25. The second-order valence-corrected chi connectivity index (χ2v) is 5.95. The first-order valence-electron chi connectivity index (χ1n) is 7.78. The highest BCUT2D eigenvalue weighted by molar-refractivity contribution is 6.32. The molecule has 5 rings (SSSR count). The molecule has 0 aliphatic rings. The quantitative estimate of drug-likeness (QED) is 0.347. The average molecular weight is 294 g/mol. The zero-order valence-electron chi connectivity index (χ0n) is 12.5. The summed E-state index contributed by atoms with van der Waals surface area (Å²) in [7, 11) is 0. The highest BCUT2D eigenvalue weighted by atomic mass is 16.3.